The first kappa shape index (κ1) is 14.9. The lowest BCUT2D eigenvalue weighted by atomic mass is 10.1. The van der Waals surface area contributed by atoms with Crippen molar-refractivity contribution in [3.63, 3.8) is 0 Å². The number of hydrogen-bond acceptors (Lipinski definition) is 2. The van der Waals surface area contributed by atoms with E-state index in [1.54, 1.807) is 18.5 Å². The van der Waals surface area contributed by atoms with Crippen LogP contribution in [0.2, 0.25) is 0 Å². The Morgan fingerprint density at radius 1 is 1.29 bits per heavy atom. The first-order valence-corrected chi connectivity index (χ1v) is 8.18. The van der Waals surface area contributed by atoms with E-state index in [4.69, 9.17) is 0 Å². The molecule has 122 valence electrons. The van der Waals surface area contributed by atoms with E-state index in [0.717, 1.165) is 35.0 Å². The van der Waals surface area contributed by atoms with E-state index >= 15 is 0 Å². The SMILES string of the molecule is O=C(CCn1cnc2ccccc21)NC1CCc2cc(F)ccc21. The number of aromatic nitrogens is 2. The highest BCUT2D eigenvalue weighted by Gasteiger charge is 2.24. The van der Waals surface area contributed by atoms with Gasteiger partial charge >= 0.3 is 0 Å². The summed E-state index contributed by atoms with van der Waals surface area (Å²) in [4.78, 5) is 16.6. The summed E-state index contributed by atoms with van der Waals surface area (Å²) in [5.74, 6) is -0.206. The molecule has 3 aromatic rings. The van der Waals surface area contributed by atoms with E-state index in [1.807, 2.05) is 28.8 Å². The van der Waals surface area contributed by atoms with Gasteiger partial charge in [-0.15, -0.1) is 0 Å². The highest BCUT2D eigenvalue weighted by molar-refractivity contribution is 5.78. The molecule has 4 nitrogen and oxygen atoms in total. The summed E-state index contributed by atoms with van der Waals surface area (Å²) in [6.45, 7) is 0.593. The summed E-state index contributed by atoms with van der Waals surface area (Å²) in [6, 6.07) is 12.7. The van der Waals surface area contributed by atoms with E-state index in [-0.39, 0.29) is 17.8 Å². The first-order chi connectivity index (χ1) is 11.7. The number of nitrogens with zero attached hydrogens (tertiary/aromatic N) is 2. The van der Waals surface area contributed by atoms with Crippen molar-refractivity contribution in [1.82, 2.24) is 14.9 Å². The van der Waals surface area contributed by atoms with Gasteiger partial charge in [0.15, 0.2) is 0 Å². The lowest BCUT2D eigenvalue weighted by Crippen LogP contribution is -2.27. The summed E-state index contributed by atoms with van der Waals surface area (Å²) in [6.07, 6.45) is 3.81. The van der Waals surface area contributed by atoms with E-state index in [0.29, 0.717) is 13.0 Å². The van der Waals surface area contributed by atoms with Gasteiger partial charge in [0.1, 0.15) is 5.82 Å². The molecule has 0 aliphatic heterocycles. The van der Waals surface area contributed by atoms with Crippen LogP contribution in [-0.4, -0.2) is 15.5 Å². The number of fused-ring (bicyclic) bond motifs is 2. The molecule has 0 fully saturated rings. The number of aryl methyl sites for hydroxylation is 2. The zero-order valence-corrected chi connectivity index (χ0v) is 13.2. The van der Waals surface area contributed by atoms with Gasteiger partial charge in [-0.1, -0.05) is 18.2 Å². The minimum Gasteiger partial charge on any atom is -0.349 e. The number of nitrogens with one attached hydrogen (secondary N) is 1. The van der Waals surface area contributed by atoms with Crippen molar-refractivity contribution >= 4 is 16.9 Å². The minimum absolute atomic E-state index is 0.00682. The first-order valence-electron chi connectivity index (χ1n) is 8.18. The number of para-hydroxylation sites is 2. The average Bonchev–Trinajstić information content (AvgIpc) is 3.17. The third kappa shape index (κ3) is 2.77. The highest BCUT2D eigenvalue weighted by Crippen LogP contribution is 2.31. The van der Waals surface area contributed by atoms with Crippen molar-refractivity contribution in [2.75, 3.05) is 0 Å². The third-order valence-electron chi connectivity index (χ3n) is 4.63. The molecule has 0 saturated carbocycles. The quantitative estimate of drug-likeness (QED) is 0.800. The predicted octanol–water partition coefficient (Wildman–Crippen LogP) is 3.37. The van der Waals surface area contributed by atoms with E-state index in [1.165, 1.54) is 6.07 Å². The molecule has 4 rings (SSSR count). The zero-order valence-electron chi connectivity index (χ0n) is 13.2. The standard InChI is InChI=1S/C19H18FN3O/c20-14-6-7-15-13(11-14)5-8-16(15)22-19(24)9-10-23-12-21-17-3-1-2-4-18(17)23/h1-4,6-7,11-12,16H,5,8-10H2,(H,22,24). The van der Waals surface area contributed by atoms with Gasteiger partial charge in [0, 0.05) is 13.0 Å². The maximum Gasteiger partial charge on any atom is 0.222 e. The van der Waals surface area contributed by atoms with E-state index in [2.05, 4.69) is 10.3 Å². The number of rotatable bonds is 4. The number of carbonyl (C=O) groups excluding carboxylic acids is 1. The van der Waals surface area contributed by atoms with Gasteiger partial charge < -0.3 is 9.88 Å². The van der Waals surface area contributed by atoms with Crippen LogP contribution in [0.3, 0.4) is 0 Å². The van der Waals surface area contributed by atoms with Crippen molar-refractivity contribution in [3.8, 4) is 0 Å². The fraction of sp³-hybridized carbons (Fsp3) is 0.263. The van der Waals surface area contributed by atoms with Gasteiger partial charge in [-0.25, -0.2) is 9.37 Å². The van der Waals surface area contributed by atoms with Gasteiger partial charge in [0.2, 0.25) is 5.91 Å². The Morgan fingerprint density at radius 3 is 3.08 bits per heavy atom. The number of benzene rings is 2. The van der Waals surface area contributed by atoms with Crippen molar-refractivity contribution in [2.45, 2.75) is 31.8 Å². The van der Waals surface area contributed by atoms with Crippen LogP contribution in [-0.2, 0) is 17.8 Å². The van der Waals surface area contributed by atoms with Crippen molar-refractivity contribution < 1.29 is 9.18 Å². The molecule has 0 spiro atoms. The molecule has 1 aromatic heterocycles. The van der Waals surface area contributed by atoms with Crippen LogP contribution in [0.1, 0.15) is 30.0 Å². The van der Waals surface area contributed by atoms with Gasteiger partial charge in [0.05, 0.1) is 23.4 Å². The van der Waals surface area contributed by atoms with Gasteiger partial charge in [-0.05, 0) is 48.2 Å². The maximum atomic E-state index is 13.3. The molecule has 1 N–H and O–H groups in total. The molecule has 5 heteroatoms. The fourth-order valence-electron chi connectivity index (χ4n) is 3.41. The minimum atomic E-state index is -0.215. The Morgan fingerprint density at radius 2 is 2.17 bits per heavy atom. The van der Waals surface area contributed by atoms with Crippen LogP contribution in [0.15, 0.2) is 48.8 Å². The molecule has 1 aliphatic carbocycles. The van der Waals surface area contributed by atoms with Crippen LogP contribution in [0.25, 0.3) is 11.0 Å². The Hall–Kier alpha value is -2.69. The number of hydrogen-bond donors (Lipinski definition) is 1. The molecule has 1 aliphatic rings. The predicted molar refractivity (Wildman–Crippen MR) is 90.0 cm³/mol. The molecule has 1 amide bonds. The van der Waals surface area contributed by atoms with Crippen molar-refractivity contribution in [3.05, 3.63) is 65.7 Å². The van der Waals surface area contributed by atoms with Crippen LogP contribution in [0, 0.1) is 5.82 Å². The molecular formula is C19H18FN3O. The number of carbonyl (C=O) groups is 1. The highest BCUT2D eigenvalue weighted by atomic mass is 19.1. The molecule has 1 heterocycles. The second-order valence-corrected chi connectivity index (χ2v) is 6.18. The fourth-order valence-corrected chi connectivity index (χ4v) is 3.41. The van der Waals surface area contributed by atoms with Crippen LogP contribution in [0.5, 0.6) is 0 Å². The summed E-state index contributed by atoms with van der Waals surface area (Å²) in [5.41, 5.74) is 4.01. The second kappa shape index (κ2) is 6.07. The molecule has 0 radical (unpaired) electrons. The smallest absolute Gasteiger partial charge is 0.222 e. The van der Waals surface area contributed by atoms with E-state index in [9.17, 15) is 9.18 Å². The number of amides is 1. The summed E-state index contributed by atoms with van der Waals surface area (Å²) < 4.78 is 15.3. The van der Waals surface area contributed by atoms with E-state index < -0.39 is 0 Å². The molecule has 24 heavy (non-hydrogen) atoms. The second-order valence-electron chi connectivity index (χ2n) is 6.18. The summed E-state index contributed by atoms with van der Waals surface area (Å²) in [7, 11) is 0. The number of halogens is 1. The van der Waals surface area contributed by atoms with Gasteiger partial charge in [-0.3, -0.25) is 4.79 Å². The van der Waals surface area contributed by atoms with Gasteiger partial charge in [-0.2, -0.15) is 0 Å². The Kier molecular flexibility index (Phi) is 3.76. The van der Waals surface area contributed by atoms with Crippen LogP contribution >= 0.6 is 0 Å². The molecule has 2 aromatic carbocycles. The third-order valence-corrected chi connectivity index (χ3v) is 4.63. The molecule has 0 saturated heterocycles. The van der Waals surface area contributed by atoms with Gasteiger partial charge in [0.25, 0.3) is 0 Å². The number of imidazole rings is 1. The lowest BCUT2D eigenvalue weighted by molar-refractivity contribution is -0.122. The van der Waals surface area contributed by atoms with Crippen molar-refractivity contribution in [2.24, 2.45) is 0 Å². The Balaban J connectivity index is 1.40. The molecule has 0 bridgehead atoms. The zero-order chi connectivity index (χ0) is 16.5. The van der Waals surface area contributed by atoms with Crippen molar-refractivity contribution in [1.29, 1.82) is 0 Å². The summed E-state index contributed by atoms with van der Waals surface area (Å²) in [5, 5.41) is 3.07. The molecule has 1 unspecified atom stereocenters. The topological polar surface area (TPSA) is 46.9 Å². The molecule has 1 atom stereocenters. The average molecular weight is 323 g/mol. The Labute approximate surface area is 139 Å². The van der Waals surface area contributed by atoms with Crippen LogP contribution < -0.4 is 5.32 Å². The summed E-state index contributed by atoms with van der Waals surface area (Å²) >= 11 is 0. The molecular weight excluding hydrogens is 305 g/mol. The largest absolute Gasteiger partial charge is 0.349 e. The normalized spacial score (nSPS) is 16.3. The van der Waals surface area contributed by atoms with Crippen LogP contribution in [0.4, 0.5) is 4.39 Å². The maximum absolute atomic E-state index is 13.3. The lowest BCUT2D eigenvalue weighted by Gasteiger charge is -2.14. The monoisotopic (exact) mass is 323 g/mol. The Bertz CT molecular complexity index is 903.